The first-order chi connectivity index (χ1) is 4.72. The first-order valence-corrected chi connectivity index (χ1v) is 3.64. The molecule has 0 rings (SSSR count). The van der Waals surface area contributed by atoms with Crippen molar-refractivity contribution in [2.45, 2.75) is 20.3 Å². The highest BCUT2D eigenvalue weighted by Crippen LogP contribution is 2.12. The van der Waals surface area contributed by atoms with Crippen molar-refractivity contribution in [1.29, 1.82) is 0 Å². The minimum absolute atomic E-state index is 0.0649. The number of rotatable bonds is 5. The van der Waals surface area contributed by atoms with Crippen LogP contribution in [0, 0.1) is 5.92 Å². The molecular formula is C8H16O2. The quantitative estimate of drug-likeness (QED) is 0.593. The van der Waals surface area contributed by atoms with Gasteiger partial charge in [-0.3, -0.25) is 0 Å². The van der Waals surface area contributed by atoms with Crippen molar-refractivity contribution in [3.8, 4) is 0 Å². The Labute approximate surface area is 62.5 Å². The van der Waals surface area contributed by atoms with Gasteiger partial charge in [0.1, 0.15) is 6.61 Å². The molecule has 0 saturated carbocycles. The molecule has 0 aliphatic heterocycles. The number of aliphatic hydroxyl groups is 1. The molecule has 0 radical (unpaired) electrons. The molecule has 10 heavy (non-hydrogen) atoms. The minimum Gasteiger partial charge on any atom is -0.496 e. The molecule has 2 nitrogen and oxygen atoms in total. The highest BCUT2D eigenvalue weighted by molar-refractivity contribution is 4.87. The van der Waals surface area contributed by atoms with Crippen molar-refractivity contribution in [2.75, 3.05) is 13.2 Å². The molecule has 0 spiro atoms. The second-order valence-corrected chi connectivity index (χ2v) is 2.35. The topological polar surface area (TPSA) is 29.5 Å². The standard InChI is InChI=1S/C8H16O2/c1-4-7(2)8(3)10-6-5-9/h7,9H,3-6H2,1-2H3. The average molecular weight is 144 g/mol. The summed E-state index contributed by atoms with van der Waals surface area (Å²) in [7, 11) is 0. The van der Waals surface area contributed by atoms with Crippen molar-refractivity contribution in [3.05, 3.63) is 12.3 Å². The molecule has 0 aromatic rings. The van der Waals surface area contributed by atoms with E-state index in [9.17, 15) is 0 Å². The summed E-state index contributed by atoms with van der Waals surface area (Å²) in [4.78, 5) is 0. The third-order valence-corrected chi connectivity index (χ3v) is 1.54. The van der Waals surface area contributed by atoms with E-state index in [0.717, 1.165) is 12.2 Å². The molecule has 2 heteroatoms. The Kier molecular flexibility index (Phi) is 5.03. The Bertz CT molecular complexity index is 99.4. The Morgan fingerprint density at radius 2 is 2.30 bits per heavy atom. The summed E-state index contributed by atoms with van der Waals surface area (Å²) < 4.78 is 5.10. The second kappa shape index (κ2) is 5.30. The zero-order valence-electron chi connectivity index (χ0n) is 6.76. The number of allylic oxidation sites excluding steroid dienone is 1. The smallest absolute Gasteiger partial charge is 0.111 e. The summed E-state index contributed by atoms with van der Waals surface area (Å²) in [5.41, 5.74) is 0. The summed E-state index contributed by atoms with van der Waals surface area (Å²) in [5.74, 6) is 1.17. The summed E-state index contributed by atoms with van der Waals surface area (Å²) in [5, 5.41) is 8.40. The van der Waals surface area contributed by atoms with Crippen LogP contribution in [0.3, 0.4) is 0 Å². The van der Waals surface area contributed by atoms with Crippen molar-refractivity contribution >= 4 is 0 Å². The predicted molar refractivity (Wildman–Crippen MR) is 41.6 cm³/mol. The van der Waals surface area contributed by atoms with Crippen LogP contribution in [0.15, 0.2) is 12.3 Å². The maximum atomic E-state index is 8.40. The van der Waals surface area contributed by atoms with Gasteiger partial charge in [-0.1, -0.05) is 20.4 Å². The molecule has 0 saturated heterocycles. The molecule has 0 fully saturated rings. The van der Waals surface area contributed by atoms with Gasteiger partial charge in [0.25, 0.3) is 0 Å². The summed E-state index contributed by atoms with van der Waals surface area (Å²) >= 11 is 0. The fourth-order valence-corrected chi connectivity index (χ4v) is 0.547. The molecular weight excluding hydrogens is 128 g/mol. The zero-order valence-corrected chi connectivity index (χ0v) is 6.76. The van der Waals surface area contributed by atoms with Crippen molar-refractivity contribution in [2.24, 2.45) is 5.92 Å². The fraction of sp³-hybridized carbons (Fsp3) is 0.750. The largest absolute Gasteiger partial charge is 0.496 e. The minimum atomic E-state index is 0.0649. The van der Waals surface area contributed by atoms with E-state index in [1.165, 1.54) is 0 Å². The van der Waals surface area contributed by atoms with Crippen molar-refractivity contribution in [3.63, 3.8) is 0 Å². The summed E-state index contributed by atoms with van der Waals surface area (Å²) in [6.45, 7) is 8.30. The van der Waals surface area contributed by atoms with Crippen LogP contribution < -0.4 is 0 Å². The van der Waals surface area contributed by atoms with Crippen LogP contribution in [0.2, 0.25) is 0 Å². The zero-order chi connectivity index (χ0) is 7.98. The summed E-state index contributed by atoms with van der Waals surface area (Å²) in [6.07, 6.45) is 1.03. The Morgan fingerprint density at radius 3 is 2.70 bits per heavy atom. The van der Waals surface area contributed by atoms with Crippen LogP contribution in [0.25, 0.3) is 0 Å². The maximum absolute atomic E-state index is 8.40. The third kappa shape index (κ3) is 3.51. The van der Waals surface area contributed by atoms with Gasteiger partial charge in [0.2, 0.25) is 0 Å². The van der Waals surface area contributed by atoms with E-state index < -0.39 is 0 Å². The van der Waals surface area contributed by atoms with Gasteiger partial charge >= 0.3 is 0 Å². The summed E-state index contributed by atoms with van der Waals surface area (Å²) in [6, 6.07) is 0. The molecule has 0 aromatic heterocycles. The number of hydrogen-bond acceptors (Lipinski definition) is 2. The van der Waals surface area contributed by atoms with Crippen LogP contribution in [0.4, 0.5) is 0 Å². The van der Waals surface area contributed by atoms with Crippen LogP contribution in [0.5, 0.6) is 0 Å². The van der Waals surface area contributed by atoms with Gasteiger partial charge in [0.05, 0.1) is 12.4 Å². The lowest BCUT2D eigenvalue weighted by Crippen LogP contribution is -2.04. The molecule has 0 aliphatic carbocycles. The Hall–Kier alpha value is -0.500. The molecule has 0 aliphatic rings. The molecule has 0 heterocycles. The molecule has 1 N–H and O–H groups in total. The van der Waals surface area contributed by atoms with E-state index >= 15 is 0 Å². The SMILES string of the molecule is C=C(OCCO)C(C)CC. The van der Waals surface area contributed by atoms with Crippen molar-refractivity contribution in [1.82, 2.24) is 0 Å². The Morgan fingerprint density at radius 1 is 1.70 bits per heavy atom. The van der Waals surface area contributed by atoms with Gasteiger partial charge in [-0.15, -0.1) is 0 Å². The highest BCUT2D eigenvalue weighted by atomic mass is 16.5. The second-order valence-electron chi connectivity index (χ2n) is 2.35. The monoisotopic (exact) mass is 144 g/mol. The Balaban J connectivity index is 3.42. The van der Waals surface area contributed by atoms with Gasteiger partial charge in [-0.25, -0.2) is 0 Å². The predicted octanol–water partition coefficient (Wildman–Crippen LogP) is 1.56. The number of ether oxygens (including phenoxy) is 1. The van der Waals surface area contributed by atoms with E-state index in [2.05, 4.69) is 20.4 Å². The number of hydrogen-bond donors (Lipinski definition) is 1. The van der Waals surface area contributed by atoms with Gasteiger partial charge in [-0.2, -0.15) is 0 Å². The average Bonchev–Trinajstić information content (AvgIpc) is 1.98. The van der Waals surface area contributed by atoms with Crippen LogP contribution in [0.1, 0.15) is 20.3 Å². The van der Waals surface area contributed by atoms with Crippen LogP contribution in [-0.2, 0) is 4.74 Å². The van der Waals surface area contributed by atoms with Gasteiger partial charge in [-0.05, 0) is 6.42 Å². The first kappa shape index (κ1) is 9.50. The first-order valence-electron chi connectivity index (χ1n) is 3.64. The molecule has 1 atom stereocenters. The molecule has 60 valence electrons. The highest BCUT2D eigenvalue weighted by Gasteiger charge is 2.03. The lowest BCUT2D eigenvalue weighted by molar-refractivity contribution is 0.127. The van der Waals surface area contributed by atoms with E-state index in [0.29, 0.717) is 12.5 Å². The van der Waals surface area contributed by atoms with E-state index in [4.69, 9.17) is 9.84 Å². The lowest BCUT2D eigenvalue weighted by Gasteiger charge is -2.12. The molecule has 0 aromatic carbocycles. The maximum Gasteiger partial charge on any atom is 0.111 e. The molecule has 0 amide bonds. The van der Waals surface area contributed by atoms with Crippen molar-refractivity contribution < 1.29 is 9.84 Å². The normalized spacial score (nSPS) is 12.7. The number of aliphatic hydroxyl groups excluding tert-OH is 1. The molecule has 1 unspecified atom stereocenters. The van der Waals surface area contributed by atoms with Gasteiger partial charge < -0.3 is 9.84 Å². The van der Waals surface area contributed by atoms with E-state index in [1.807, 2.05) is 0 Å². The van der Waals surface area contributed by atoms with E-state index in [1.54, 1.807) is 0 Å². The fourth-order valence-electron chi connectivity index (χ4n) is 0.547. The lowest BCUT2D eigenvalue weighted by atomic mass is 10.1. The van der Waals surface area contributed by atoms with Gasteiger partial charge in [0.15, 0.2) is 0 Å². The third-order valence-electron chi connectivity index (χ3n) is 1.54. The van der Waals surface area contributed by atoms with Crippen LogP contribution >= 0.6 is 0 Å². The van der Waals surface area contributed by atoms with Crippen LogP contribution in [-0.4, -0.2) is 18.3 Å². The molecule has 0 bridgehead atoms. The van der Waals surface area contributed by atoms with Gasteiger partial charge in [0, 0.05) is 5.92 Å². The van der Waals surface area contributed by atoms with E-state index in [-0.39, 0.29) is 6.61 Å².